The van der Waals surface area contributed by atoms with Crippen LogP contribution >= 0.6 is 0 Å². The van der Waals surface area contributed by atoms with Gasteiger partial charge in [0.05, 0.1) is 0 Å². The number of nitrogens with one attached hydrogen (secondary N) is 1. The maximum absolute atomic E-state index is 6.43. The van der Waals surface area contributed by atoms with Gasteiger partial charge in [-0.15, -0.1) is 0 Å². The summed E-state index contributed by atoms with van der Waals surface area (Å²) in [5.41, 5.74) is 7.90. The van der Waals surface area contributed by atoms with Crippen molar-refractivity contribution in [1.29, 1.82) is 0 Å². The van der Waals surface area contributed by atoms with Gasteiger partial charge in [-0.1, -0.05) is 67.6 Å². The Balaban J connectivity index is 1.67. The first-order valence-electron chi connectivity index (χ1n) is 9.77. The van der Waals surface area contributed by atoms with Crippen LogP contribution in [0.2, 0.25) is 0 Å². The molecule has 0 aliphatic heterocycles. The molecule has 2 aromatic heterocycles. The molecule has 1 N–H and O–H groups in total. The molecular formula is C26H19NO. The van der Waals surface area contributed by atoms with Crippen molar-refractivity contribution in [3.8, 4) is 11.1 Å². The van der Waals surface area contributed by atoms with Gasteiger partial charge in [-0.3, -0.25) is 0 Å². The molecule has 0 aliphatic carbocycles. The Bertz CT molecular complexity index is 1500. The van der Waals surface area contributed by atoms with Crippen molar-refractivity contribution >= 4 is 43.7 Å². The lowest BCUT2D eigenvalue weighted by atomic mass is 10.00. The predicted molar refractivity (Wildman–Crippen MR) is 118 cm³/mol. The summed E-state index contributed by atoms with van der Waals surface area (Å²) in [6.07, 6.45) is 0.966. The van der Waals surface area contributed by atoms with Gasteiger partial charge in [-0.25, -0.2) is 0 Å². The molecule has 0 atom stereocenters. The Hall–Kier alpha value is -3.52. The van der Waals surface area contributed by atoms with Gasteiger partial charge in [-0.05, 0) is 35.7 Å². The Kier molecular flexibility index (Phi) is 3.18. The van der Waals surface area contributed by atoms with Crippen molar-refractivity contribution in [1.82, 2.24) is 4.98 Å². The van der Waals surface area contributed by atoms with E-state index >= 15 is 0 Å². The molecule has 0 spiro atoms. The topological polar surface area (TPSA) is 28.9 Å². The van der Waals surface area contributed by atoms with E-state index in [1.807, 2.05) is 0 Å². The molecule has 2 nitrogen and oxygen atoms in total. The molecule has 6 aromatic rings. The van der Waals surface area contributed by atoms with E-state index in [-0.39, 0.29) is 0 Å². The molecule has 0 bridgehead atoms. The zero-order valence-electron chi connectivity index (χ0n) is 15.6. The van der Waals surface area contributed by atoms with Gasteiger partial charge in [0.1, 0.15) is 11.2 Å². The maximum atomic E-state index is 6.43. The second-order valence-electron chi connectivity index (χ2n) is 7.36. The number of hydrogen-bond donors (Lipinski definition) is 1. The largest absolute Gasteiger partial charge is 0.455 e. The summed E-state index contributed by atoms with van der Waals surface area (Å²) in [4.78, 5) is 3.51. The highest BCUT2D eigenvalue weighted by Gasteiger charge is 2.14. The average Bonchev–Trinajstić information content (AvgIpc) is 3.31. The fourth-order valence-corrected chi connectivity index (χ4v) is 4.40. The SMILES string of the molecule is CCc1cccc2c1oc1c(-c3ccc4[nH]c5ccccc5c4c3)cccc12. The van der Waals surface area contributed by atoms with E-state index in [1.54, 1.807) is 0 Å². The van der Waals surface area contributed by atoms with E-state index in [1.165, 1.54) is 38.2 Å². The monoisotopic (exact) mass is 361 g/mol. The molecule has 2 heterocycles. The van der Waals surface area contributed by atoms with E-state index < -0.39 is 0 Å². The standard InChI is InChI=1S/C26H19NO/c1-2-16-7-5-10-20-21-11-6-9-18(26(21)28-25(16)20)17-13-14-24-22(15-17)19-8-3-4-12-23(19)27-24/h3-15,27H,2H2,1H3. The van der Waals surface area contributed by atoms with Gasteiger partial charge < -0.3 is 9.40 Å². The summed E-state index contributed by atoms with van der Waals surface area (Å²) < 4.78 is 6.43. The Morgan fingerprint density at radius 2 is 1.43 bits per heavy atom. The second kappa shape index (κ2) is 5.74. The second-order valence-corrected chi connectivity index (χ2v) is 7.36. The summed E-state index contributed by atoms with van der Waals surface area (Å²) in [6.45, 7) is 2.17. The highest BCUT2D eigenvalue weighted by Crippen LogP contribution is 2.38. The third-order valence-corrected chi connectivity index (χ3v) is 5.80. The molecule has 0 aliphatic rings. The third kappa shape index (κ3) is 2.09. The Labute approximate surface area is 162 Å². The summed E-state index contributed by atoms with van der Waals surface area (Å²) in [6, 6.07) is 28.0. The molecule has 0 fully saturated rings. The molecule has 0 amide bonds. The van der Waals surface area contributed by atoms with Crippen LogP contribution in [0.15, 0.2) is 83.3 Å². The number of fused-ring (bicyclic) bond motifs is 6. The lowest BCUT2D eigenvalue weighted by Crippen LogP contribution is -1.79. The van der Waals surface area contributed by atoms with Crippen molar-refractivity contribution in [3.05, 3.63) is 84.4 Å². The fourth-order valence-electron chi connectivity index (χ4n) is 4.40. The molecule has 6 rings (SSSR count). The van der Waals surface area contributed by atoms with Gasteiger partial charge in [0, 0.05) is 38.1 Å². The summed E-state index contributed by atoms with van der Waals surface area (Å²) >= 11 is 0. The zero-order chi connectivity index (χ0) is 18.7. The predicted octanol–water partition coefficient (Wildman–Crippen LogP) is 7.45. The number of benzene rings is 4. The van der Waals surface area contributed by atoms with Crippen LogP contribution in [0.1, 0.15) is 12.5 Å². The number of aryl methyl sites for hydroxylation is 1. The third-order valence-electron chi connectivity index (χ3n) is 5.80. The molecule has 0 unspecified atom stereocenters. The van der Waals surface area contributed by atoms with Crippen LogP contribution in [0.5, 0.6) is 0 Å². The van der Waals surface area contributed by atoms with E-state index in [4.69, 9.17) is 4.42 Å². The molecule has 2 heteroatoms. The lowest BCUT2D eigenvalue weighted by molar-refractivity contribution is 0.664. The van der Waals surface area contributed by atoms with E-state index in [9.17, 15) is 0 Å². The summed E-state index contributed by atoms with van der Waals surface area (Å²) in [7, 11) is 0. The first-order valence-corrected chi connectivity index (χ1v) is 9.77. The van der Waals surface area contributed by atoms with Gasteiger partial charge in [0.25, 0.3) is 0 Å². The number of furan rings is 1. The highest BCUT2D eigenvalue weighted by atomic mass is 16.3. The van der Waals surface area contributed by atoms with Crippen molar-refractivity contribution in [2.75, 3.05) is 0 Å². The number of aromatic amines is 1. The van der Waals surface area contributed by atoms with Crippen LogP contribution in [-0.4, -0.2) is 4.98 Å². The molecule has 0 saturated carbocycles. The Morgan fingerprint density at radius 1 is 0.679 bits per heavy atom. The molecule has 4 aromatic carbocycles. The molecule has 134 valence electrons. The Morgan fingerprint density at radius 3 is 2.32 bits per heavy atom. The van der Waals surface area contributed by atoms with Crippen LogP contribution in [0.3, 0.4) is 0 Å². The van der Waals surface area contributed by atoms with Gasteiger partial charge in [0.2, 0.25) is 0 Å². The minimum atomic E-state index is 0.966. The lowest BCUT2D eigenvalue weighted by Gasteiger charge is -2.03. The van der Waals surface area contributed by atoms with E-state index in [0.717, 1.165) is 28.7 Å². The van der Waals surface area contributed by atoms with Gasteiger partial charge in [0.15, 0.2) is 0 Å². The maximum Gasteiger partial charge on any atom is 0.143 e. The number of aromatic nitrogens is 1. The van der Waals surface area contributed by atoms with Crippen LogP contribution in [0, 0.1) is 0 Å². The molecule has 0 radical (unpaired) electrons. The van der Waals surface area contributed by atoms with Crippen molar-refractivity contribution in [2.24, 2.45) is 0 Å². The number of para-hydroxylation sites is 3. The average molecular weight is 361 g/mol. The minimum absolute atomic E-state index is 0.966. The normalized spacial score (nSPS) is 11.9. The van der Waals surface area contributed by atoms with Gasteiger partial charge in [-0.2, -0.15) is 0 Å². The molecule has 28 heavy (non-hydrogen) atoms. The van der Waals surface area contributed by atoms with Crippen LogP contribution in [0.4, 0.5) is 0 Å². The van der Waals surface area contributed by atoms with Crippen LogP contribution in [0.25, 0.3) is 54.9 Å². The zero-order valence-corrected chi connectivity index (χ0v) is 15.6. The fraction of sp³-hybridized carbons (Fsp3) is 0.0769. The quantitative estimate of drug-likeness (QED) is 0.341. The van der Waals surface area contributed by atoms with E-state index in [2.05, 4.69) is 90.8 Å². The molecular weight excluding hydrogens is 342 g/mol. The number of rotatable bonds is 2. The summed E-state index contributed by atoms with van der Waals surface area (Å²) in [5.74, 6) is 0. The van der Waals surface area contributed by atoms with Crippen molar-refractivity contribution in [2.45, 2.75) is 13.3 Å². The number of H-pyrrole nitrogens is 1. The smallest absolute Gasteiger partial charge is 0.143 e. The first kappa shape index (κ1) is 15.5. The highest BCUT2D eigenvalue weighted by molar-refractivity contribution is 6.12. The van der Waals surface area contributed by atoms with E-state index in [0.29, 0.717) is 0 Å². The van der Waals surface area contributed by atoms with Crippen molar-refractivity contribution in [3.63, 3.8) is 0 Å². The van der Waals surface area contributed by atoms with Gasteiger partial charge >= 0.3 is 0 Å². The van der Waals surface area contributed by atoms with Crippen LogP contribution < -0.4 is 0 Å². The number of hydrogen-bond acceptors (Lipinski definition) is 1. The van der Waals surface area contributed by atoms with Crippen molar-refractivity contribution < 1.29 is 4.42 Å². The summed E-state index contributed by atoms with van der Waals surface area (Å²) in [5, 5.41) is 4.88. The first-order chi connectivity index (χ1) is 13.8. The molecule has 0 saturated heterocycles. The minimum Gasteiger partial charge on any atom is -0.455 e. The van der Waals surface area contributed by atoms with Crippen LogP contribution in [-0.2, 0) is 6.42 Å².